The lowest BCUT2D eigenvalue weighted by molar-refractivity contribution is 0.102. The van der Waals surface area contributed by atoms with Gasteiger partial charge in [0, 0.05) is 12.2 Å². The first kappa shape index (κ1) is 13.9. The number of benzene rings is 2. The number of carbonyl (C=O) groups excluding carboxylic acids is 1. The van der Waals surface area contributed by atoms with Gasteiger partial charge >= 0.3 is 0 Å². The van der Waals surface area contributed by atoms with Crippen molar-refractivity contribution in [2.75, 3.05) is 12.4 Å². The molecule has 1 amide bonds. The zero-order valence-electron chi connectivity index (χ0n) is 11.1. The monoisotopic (exact) mass is 272 g/mol. The van der Waals surface area contributed by atoms with E-state index in [1.54, 1.807) is 24.3 Å². The number of aromatic hydroxyl groups is 1. The second-order valence-electron chi connectivity index (χ2n) is 4.17. The molecule has 104 valence electrons. The van der Waals surface area contributed by atoms with Gasteiger partial charge in [0.25, 0.3) is 5.91 Å². The third-order valence-corrected chi connectivity index (χ3v) is 2.95. The van der Waals surface area contributed by atoms with Crippen LogP contribution in [0.4, 0.5) is 5.69 Å². The van der Waals surface area contributed by atoms with Gasteiger partial charge in [0.15, 0.2) is 11.5 Å². The predicted octanol–water partition coefficient (Wildman–Crippen LogP) is 2.11. The van der Waals surface area contributed by atoms with Crippen molar-refractivity contribution in [1.82, 2.24) is 0 Å². The Bertz CT molecular complexity index is 626. The maximum atomic E-state index is 12.2. The van der Waals surface area contributed by atoms with Gasteiger partial charge in [-0.2, -0.15) is 0 Å². The zero-order chi connectivity index (χ0) is 14.5. The fourth-order valence-corrected chi connectivity index (χ4v) is 1.88. The highest BCUT2D eigenvalue weighted by molar-refractivity contribution is 6.07. The Hall–Kier alpha value is -2.53. The molecule has 2 aromatic rings. The molecule has 20 heavy (non-hydrogen) atoms. The van der Waals surface area contributed by atoms with Crippen molar-refractivity contribution >= 4 is 11.6 Å². The number of hydrogen-bond donors (Lipinski definition) is 3. The van der Waals surface area contributed by atoms with Crippen molar-refractivity contribution in [1.29, 1.82) is 0 Å². The molecule has 2 aromatic carbocycles. The average Bonchev–Trinajstić information content (AvgIpc) is 2.48. The summed E-state index contributed by atoms with van der Waals surface area (Å²) in [6.45, 7) is 0.320. The summed E-state index contributed by atoms with van der Waals surface area (Å²) in [5, 5.41) is 12.7. The molecule has 4 N–H and O–H groups in total. The van der Waals surface area contributed by atoms with Crippen LogP contribution in [0.25, 0.3) is 0 Å². The number of phenols is 1. The van der Waals surface area contributed by atoms with E-state index in [1.165, 1.54) is 13.2 Å². The summed E-state index contributed by atoms with van der Waals surface area (Å²) in [5.41, 5.74) is 7.22. The fraction of sp³-hybridized carbons (Fsp3) is 0.133. The largest absolute Gasteiger partial charge is 0.504 e. The fourth-order valence-electron chi connectivity index (χ4n) is 1.88. The van der Waals surface area contributed by atoms with Crippen LogP contribution in [0.5, 0.6) is 11.5 Å². The van der Waals surface area contributed by atoms with Crippen molar-refractivity contribution in [3.8, 4) is 11.5 Å². The quantitative estimate of drug-likeness (QED) is 0.795. The third-order valence-electron chi connectivity index (χ3n) is 2.95. The van der Waals surface area contributed by atoms with E-state index in [-0.39, 0.29) is 17.1 Å². The molecule has 5 nitrogen and oxygen atoms in total. The molecule has 0 aliphatic heterocycles. The molecule has 0 saturated carbocycles. The number of nitrogens with one attached hydrogen (secondary N) is 1. The minimum absolute atomic E-state index is 0.149. The van der Waals surface area contributed by atoms with E-state index in [0.29, 0.717) is 12.2 Å². The van der Waals surface area contributed by atoms with E-state index in [4.69, 9.17) is 10.5 Å². The van der Waals surface area contributed by atoms with E-state index in [9.17, 15) is 9.90 Å². The lowest BCUT2D eigenvalue weighted by Crippen LogP contribution is -2.14. The van der Waals surface area contributed by atoms with Crippen LogP contribution in [0.15, 0.2) is 42.5 Å². The van der Waals surface area contributed by atoms with E-state index < -0.39 is 5.91 Å². The van der Waals surface area contributed by atoms with Crippen LogP contribution in [0.2, 0.25) is 0 Å². The summed E-state index contributed by atoms with van der Waals surface area (Å²) in [6, 6.07) is 12.0. The zero-order valence-corrected chi connectivity index (χ0v) is 11.1. The minimum atomic E-state index is -0.415. The summed E-state index contributed by atoms with van der Waals surface area (Å²) in [5.74, 6) is -0.343. The van der Waals surface area contributed by atoms with Crippen molar-refractivity contribution < 1.29 is 14.6 Å². The van der Waals surface area contributed by atoms with E-state index >= 15 is 0 Å². The number of ether oxygens (including phenoxy) is 1. The van der Waals surface area contributed by atoms with Gasteiger partial charge in [0.05, 0.1) is 12.7 Å². The molecule has 5 heteroatoms. The summed E-state index contributed by atoms with van der Waals surface area (Å²) >= 11 is 0. The summed E-state index contributed by atoms with van der Waals surface area (Å²) in [6.07, 6.45) is 0. The first-order chi connectivity index (χ1) is 9.67. The number of para-hydroxylation sites is 2. The lowest BCUT2D eigenvalue weighted by Gasteiger charge is -2.11. The lowest BCUT2D eigenvalue weighted by atomic mass is 10.1. The van der Waals surface area contributed by atoms with Crippen LogP contribution in [0, 0.1) is 0 Å². The number of phenolic OH excluding ortho intramolecular Hbond substituents is 1. The van der Waals surface area contributed by atoms with Crippen molar-refractivity contribution in [3.05, 3.63) is 53.6 Å². The van der Waals surface area contributed by atoms with Gasteiger partial charge in [-0.15, -0.1) is 0 Å². The first-order valence-electron chi connectivity index (χ1n) is 6.12. The number of methoxy groups -OCH3 is 1. The standard InChI is InChI=1S/C15H16N2O3/c1-20-13-8-4-6-11(14(13)18)15(19)17-12-7-3-2-5-10(12)9-16/h2-8,18H,9,16H2,1H3,(H,17,19). The molecule has 0 heterocycles. The number of carbonyl (C=O) groups is 1. The number of amides is 1. The molecule has 0 unspecified atom stereocenters. The first-order valence-corrected chi connectivity index (χ1v) is 6.12. The van der Waals surface area contributed by atoms with Gasteiger partial charge in [-0.25, -0.2) is 0 Å². The molecule has 0 radical (unpaired) electrons. The second-order valence-corrected chi connectivity index (χ2v) is 4.17. The highest BCUT2D eigenvalue weighted by Gasteiger charge is 2.15. The molecule has 0 fully saturated rings. The number of nitrogens with two attached hydrogens (primary N) is 1. The number of hydrogen-bond acceptors (Lipinski definition) is 4. The van der Waals surface area contributed by atoms with Crippen LogP contribution in [0.3, 0.4) is 0 Å². The Labute approximate surface area is 117 Å². The Kier molecular flexibility index (Phi) is 4.22. The SMILES string of the molecule is COc1cccc(C(=O)Nc2ccccc2CN)c1O. The Morgan fingerprint density at radius 1 is 1.25 bits per heavy atom. The van der Waals surface area contributed by atoms with Crippen molar-refractivity contribution in [2.45, 2.75) is 6.54 Å². The molecule has 0 aliphatic rings. The molecule has 0 aromatic heterocycles. The Balaban J connectivity index is 2.29. The van der Waals surface area contributed by atoms with Gasteiger partial charge in [-0.05, 0) is 23.8 Å². The van der Waals surface area contributed by atoms with Crippen LogP contribution in [-0.4, -0.2) is 18.1 Å². The van der Waals surface area contributed by atoms with Gasteiger partial charge in [-0.3, -0.25) is 4.79 Å². The molecule has 0 bridgehead atoms. The van der Waals surface area contributed by atoms with Crippen molar-refractivity contribution in [3.63, 3.8) is 0 Å². The number of rotatable bonds is 4. The van der Waals surface area contributed by atoms with Crippen LogP contribution >= 0.6 is 0 Å². The van der Waals surface area contributed by atoms with E-state index in [1.807, 2.05) is 12.1 Å². The molecule has 2 rings (SSSR count). The smallest absolute Gasteiger partial charge is 0.259 e. The molecular weight excluding hydrogens is 256 g/mol. The van der Waals surface area contributed by atoms with E-state index in [0.717, 1.165) is 5.56 Å². The van der Waals surface area contributed by atoms with Gasteiger partial charge < -0.3 is 20.9 Å². The molecule has 0 spiro atoms. The Morgan fingerprint density at radius 3 is 2.70 bits per heavy atom. The maximum absolute atomic E-state index is 12.2. The molecular formula is C15H16N2O3. The van der Waals surface area contributed by atoms with Crippen molar-refractivity contribution in [2.24, 2.45) is 5.73 Å². The predicted molar refractivity (Wildman–Crippen MR) is 76.9 cm³/mol. The van der Waals surface area contributed by atoms with Gasteiger partial charge in [0.2, 0.25) is 0 Å². The Morgan fingerprint density at radius 2 is 2.00 bits per heavy atom. The van der Waals surface area contributed by atoms with E-state index in [2.05, 4.69) is 5.32 Å². The van der Waals surface area contributed by atoms with Crippen LogP contribution in [-0.2, 0) is 6.54 Å². The number of anilines is 1. The van der Waals surface area contributed by atoms with Gasteiger partial charge in [-0.1, -0.05) is 24.3 Å². The highest BCUT2D eigenvalue weighted by Crippen LogP contribution is 2.30. The minimum Gasteiger partial charge on any atom is -0.504 e. The average molecular weight is 272 g/mol. The third kappa shape index (κ3) is 2.73. The second kappa shape index (κ2) is 6.08. The topological polar surface area (TPSA) is 84.6 Å². The summed E-state index contributed by atoms with van der Waals surface area (Å²) in [4.78, 5) is 12.2. The summed E-state index contributed by atoms with van der Waals surface area (Å²) < 4.78 is 4.98. The maximum Gasteiger partial charge on any atom is 0.259 e. The van der Waals surface area contributed by atoms with Gasteiger partial charge in [0.1, 0.15) is 0 Å². The summed E-state index contributed by atoms with van der Waals surface area (Å²) in [7, 11) is 1.43. The normalized spacial score (nSPS) is 10.1. The van der Waals surface area contributed by atoms with Crippen LogP contribution in [0.1, 0.15) is 15.9 Å². The molecule has 0 aliphatic carbocycles. The molecule has 0 saturated heterocycles. The highest BCUT2D eigenvalue weighted by atomic mass is 16.5. The van der Waals surface area contributed by atoms with Crippen LogP contribution < -0.4 is 15.8 Å². The molecule has 0 atom stereocenters.